The van der Waals surface area contributed by atoms with Crippen molar-refractivity contribution in [1.29, 1.82) is 5.26 Å². The third-order valence-electron chi connectivity index (χ3n) is 7.68. The number of nitriles is 1. The third kappa shape index (κ3) is 4.96. The summed E-state index contributed by atoms with van der Waals surface area (Å²) in [5.74, 6) is -0.388. The smallest absolute Gasteiger partial charge is 0.304 e. The summed E-state index contributed by atoms with van der Waals surface area (Å²) in [5.41, 5.74) is 3.90. The van der Waals surface area contributed by atoms with Gasteiger partial charge in [0.25, 0.3) is 0 Å². The van der Waals surface area contributed by atoms with Crippen LogP contribution in [0.15, 0.2) is 30.5 Å². The largest absolute Gasteiger partial charge is 0.481 e. The second-order valence-corrected chi connectivity index (χ2v) is 10.9. The molecular formula is C27H28Cl2N6O2. The Bertz CT molecular complexity index is 1430. The fourth-order valence-corrected chi connectivity index (χ4v) is 6.40. The predicted molar refractivity (Wildman–Crippen MR) is 142 cm³/mol. The van der Waals surface area contributed by atoms with E-state index in [1.807, 2.05) is 13.0 Å². The molecule has 2 aliphatic rings. The Morgan fingerprint density at radius 3 is 2.86 bits per heavy atom. The van der Waals surface area contributed by atoms with Crippen LogP contribution in [0, 0.1) is 17.2 Å². The predicted octanol–water partition coefficient (Wildman–Crippen LogP) is 5.74. The molecule has 0 radical (unpaired) electrons. The number of halogens is 2. The van der Waals surface area contributed by atoms with E-state index in [2.05, 4.69) is 34.1 Å². The number of fused-ring (bicyclic) bond motifs is 1. The van der Waals surface area contributed by atoms with E-state index < -0.39 is 5.97 Å². The molecule has 4 unspecified atom stereocenters. The number of carboxylic acid groups (broad SMARTS) is 1. The third-order valence-corrected chi connectivity index (χ3v) is 8.24. The maximum atomic E-state index is 11.3. The molecule has 4 atom stereocenters. The maximum Gasteiger partial charge on any atom is 0.304 e. The van der Waals surface area contributed by atoms with Gasteiger partial charge in [-0.3, -0.25) is 9.69 Å². The Kier molecular flexibility index (Phi) is 7.21. The Morgan fingerprint density at radius 2 is 2.16 bits per heavy atom. The van der Waals surface area contributed by atoms with Crippen molar-refractivity contribution in [2.75, 3.05) is 6.54 Å². The zero-order chi connectivity index (χ0) is 26.3. The minimum atomic E-state index is -0.734. The Balaban J connectivity index is 1.46. The molecule has 1 saturated heterocycles. The van der Waals surface area contributed by atoms with E-state index in [1.165, 1.54) is 0 Å². The number of hydrogen-bond donors (Lipinski definition) is 1. The van der Waals surface area contributed by atoms with E-state index in [0.717, 1.165) is 49.1 Å². The van der Waals surface area contributed by atoms with Gasteiger partial charge >= 0.3 is 5.97 Å². The fourth-order valence-electron chi connectivity index (χ4n) is 5.83. The van der Waals surface area contributed by atoms with Crippen LogP contribution in [0.25, 0.3) is 16.7 Å². The lowest BCUT2D eigenvalue weighted by atomic mass is 9.83. The minimum absolute atomic E-state index is 0.107. The summed E-state index contributed by atoms with van der Waals surface area (Å²) in [7, 11) is 0. The summed E-state index contributed by atoms with van der Waals surface area (Å²) in [4.78, 5) is 23.3. The van der Waals surface area contributed by atoms with Crippen molar-refractivity contribution in [3.63, 3.8) is 0 Å². The first-order valence-electron chi connectivity index (χ1n) is 12.5. The number of nitrogens with zero attached hydrogens (tertiary/aromatic N) is 6. The van der Waals surface area contributed by atoms with Crippen LogP contribution in [0.2, 0.25) is 10.0 Å². The molecule has 0 amide bonds. The minimum Gasteiger partial charge on any atom is -0.481 e. The topological polar surface area (TPSA) is 108 Å². The zero-order valence-electron chi connectivity index (χ0n) is 20.7. The number of carboxylic acids is 1. The van der Waals surface area contributed by atoms with E-state index in [1.54, 1.807) is 23.0 Å². The van der Waals surface area contributed by atoms with Gasteiger partial charge in [-0.25, -0.2) is 14.6 Å². The molecule has 0 bridgehead atoms. The lowest BCUT2D eigenvalue weighted by Gasteiger charge is -2.38. The maximum absolute atomic E-state index is 11.3. The highest BCUT2D eigenvalue weighted by atomic mass is 35.5. The standard InChI is InChI=1S/C27H28Cl2N6O2/c1-15-10-17(5-8-24(15)34-9-3-4-19(34)12-25(36)37)23-14-31-26-22(13-30)33-35(27(26)32-23)16(2)20-7-6-18(28)11-21(20)29/h5-7,11,14-16,19,24H,3-4,8-10,12H2,1-2H3,(H,36,37). The average molecular weight is 539 g/mol. The van der Waals surface area contributed by atoms with Crippen LogP contribution < -0.4 is 0 Å². The molecule has 1 fully saturated rings. The zero-order valence-corrected chi connectivity index (χ0v) is 22.2. The van der Waals surface area contributed by atoms with Crippen LogP contribution in [0.4, 0.5) is 0 Å². The molecule has 1 aromatic carbocycles. The van der Waals surface area contributed by atoms with E-state index in [-0.39, 0.29) is 24.2 Å². The van der Waals surface area contributed by atoms with Gasteiger partial charge in [0.15, 0.2) is 11.3 Å². The SMILES string of the molecule is CC1CC(c2cnc3c(C#N)nn(C(C)c4ccc(Cl)cc4Cl)c3n2)=CCC1N1CCCC1CC(=O)O. The molecule has 3 aromatic rings. The molecular weight excluding hydrogens is 511 g/mol. The van der Waals surface area contributed by atoms with Gasteiger partial charge in [-0.1, -0.05) is 42.3 Å². The molecule has 8 nitrogen and oxygen atoms in total. The average Bonchev–Trinajstić information content (AvgIpc) is 3.47. The number of aliphatic carboxylic acids is 1. The molecule has 1 aliphatic heterocycles. The number of hydrogen-bond acceptors (Lipinski definition) is 6. The summed E-state index contributed by atoms with van der Waals surface area (Å²) in [6.07, 6.45) is 7.77. The second kappa shape index (κ2) is 10.4. The van der Waals surface area contributed by atoms with E-state index in [9.17, 15) is 15.2 Å². The van der Waals surface area contributed by atoms with Gasteiger partial charge < -0.3 is 5.11 Å². The summed E-state index contributed by atoms with van der Waals surface area (Å²) < 4.78 is 1.70. The van der Waals surface area contributed by atoms with Gasteiger partial charge in [0.2, 0.25) is 0 Å². The molecule has 5 rings (SSSR count). The van der Waals surface area contributed by atoms with E-state index in [0.29, 0.717) is 33.2 Å². The van der Waals surface area contributed by atoms with Crippen LogP contribution in [0.1, 0.15) is 68.9 Å². The lowest BCUT2D eigenvalue weighted by Crippen LogP contribution is -2.44. The Labute approximate surface area is 225 Å². The van der Waals surface area contributed by atoms with Crippen molar-refractivity contribution >= 4 is 45.9 Å². The Hall–Kier alpha value is -2.99. The number of likely N-dealkylation sites (tertiary alicyclic amines) is 1. The lowest BCUT2D eigenvalue weighted by molar-refractivity contribution is -0.138. The fraction of sp³-hybridized carbons (Fsp3) is 0.444. The molecule has 3 heterocycles. The van der Waals surface area contributed by atoms with Gasteiger partial charge in [-0.15, -0.1) is 0 Å². The summed E-state index contributed by atoms with van der Waals surface area (Å²) in [6.45, 7) is 5.12. The molecule has 2 aromatic heterocycles. The first kappa shape index (κ1) is 25.7. The van der Waals surface area contributed by atoms with Crippen molar-refractivity contribution < 1.29 is 9.90 Å². The van der Waals surface area contributed by atoms with Crippen LogP contribution >= 0.6 is 23.2 Å². The first-order valence-corrected chi connectivity index (χ1v) is 13.3. The first-order chi connectivity index (χ1) is 17.8. The van der Waals surface area contributed by atoms with Crippen molar-refractivity contribution in [2.45, 2.75) is 64.1 Å². The van der Waals surface area contributed by atoms with Gasteiger partial charge in [0.05, 0.1) is 24.4 Å². The number of benzene rings is 1. The van der Waals surface area contributed by atoms with E-state index in [4.69, 9.17) is 28.2 Å². The molecule has 1 aliphatic carbocycles. The van der Waals surface area contributed by atoms with E-state index >= 15 is 0 Å². The number of aromatic nitrogens is 4. The number of rotatable bonds is 6. The molecule has 0 spiro atoms. The molecule has 0 saturated carbocycles. The van der Waals surface area contributed by atoms with Crippen LogP contribution in [0.3, 0.4) is 0 Å². The number of carbonyl (C=O) groups is 1. The van der Waals surface area contributed by atoms with Crippen LogP contribution in [-0.2, 0) is 4.79 Å². The quantitative estimate of drug-likeness (QED) is 0.426. The molecule has 10 heteroatoms. The highest BCUT2D eigenvalue weighted by molar-refractivity contribution is 6.35. The van der Waals surface area contributed by atoms with Crippen molar-refractivity contribution in [2.24, 2.45) is 5.92 Å². The summed E-state index contributed by atoms with van der Waals surface area (Å²) in [6, 6.07) is 7.59. The summed E-state index contributed by atoms with van der Waals surface area (Å²) in [5, 5.41) is 24.6. The normalized spacial score (nSPS) is 23.1. The van der Waals surface area contributed by atoms with Gasteiger partial charge in [0, 0.05) is 22.1 Å². The van der Waals surface area contributed by atoms with Gasteiger partial charge in [0.1, 0.15) is 11.6 Å². The van der Waals surface area contributed by atoms with Gasteiger partial charge in [-0.05, 0) is 68.3 Å². The monoisotopic (exact) mass is 538 g/mol. The second-order valence-electron chi connectivity index (χ2n) is 10.0. The van der Waals surface area contributed by atoms with Crippen molar-refractivity contribution in [1.82, 2.24) is 24.6 Å². The Morgan fingerprint density at radius 1 is 1.35 bits per heavy atom. The number of allylic oxidation sites excluding steroid dienone is 1. The van der Waals surface area contributed by atoms with Crippen molar-refractivity contribution in [3.05, 3.63) is 57.5 Å². The highest BCUT2D eigenvalue weighted by Gasteiger charge is 2.36. The molecule has 1 N–H and O–H groups in total. The van der Waals surface area contributed by atoms with Crippen LogP contribution in [0.5, 0.6) is 0 Å². The highest BCUT2D eigenvalue weighted by Crippen LogP contribution is 2.37. The molecule has 37 heavy (non-hydrogen) atoms. The van der Waals surface area contributed by atoms with Crippen molar-refractivity contribution in [3.8, 4) is 6.07 Å². The molecule has 192 valence electrons. The van der Waals surface area contributed by atoms with Crippen LogP contribution in [-0.4, -0.2) is 54.4 Å². The van der Waals surface area contributed by atoms with Gasteiger partial charge in [-0.2, -0.15) is 10.4 Å². The summed E-state index contributed by atoms with van der Waals surface area (Å²) >= 11 is 12.6.